The van der Waals surface area contributed by atoms with Crippen LogP contribution in [0.1, 0.15) is 25.7 Å². The molecule has 6 heteroatoms. The molecule has 0 aromatic carbocycles. The minimum atomic E-state index is -1.23. The van der Waals surface area contributed by atoms with E-state index in [2.05, 4.69) is 21.9 Å². The number of nitrogens with one attached hydrogen (secondary N) is 1. The number of halogens is 1. The third kappa shape index (κ3) is 3.54. The number of methoxy groups -OCH3 is 1. The molecule has 0 aliphatic heterocycles. The summed E-state index contributed by atoms with van der Waals surface area (Å²) in [6.07, 6.45) is 1.04. The fraction of sp³-hybridized carbons (Fsp3) is 0.667. The first-order valence-electron chi connectivity index (χ1n) is 5.68. The second kappa shape index (κ2) is 6.50. The van der Waals surface area contributed by atoms with E-state index >= 15 is 0 Å². The molecule has 5 nitrogen and oxygen atoms in total. The third-order valence-corrected chi connectivity index (χ3v) is 3.12. The van der Waals surface area contributed by atoms with Crippen LogP contribution in [0.2, 0.25) is 0 Å². The number of carbonyl (C=O) groups is 2. The summed E-state index contributed by atoms with van der Waals surface area (Å²) < 4.78 is 4.62. The van der Waals surface area contributed by atoms with Crippen LogP contribution >= 0.6 is 11.6 Å². The molecule has 100 valence electrons. The molecule has 2 N–H and O–H groups in total. The molecule has 0 atom stereocenters. The first-order valence-corrected chi connectivity index (χ1v) is 6.21. The fourth-order valence-corrected chi connectivity index (χ4v) is 2.11. The maximum Gasteiger partial charge on any atom is 0.405 e. The number of amides is 1. The van der Waals surface area contributed by atoms with Crippen molar-refractivity contribution in [3.8, 4) is 11.8 Å². The highest BCUT2D eigenvalue weighted by Crippen LogP contribution is 2.38. The summed E-state index contributed by atoms with van der Waals surface area (Å²) in [5.41, 5.74) is -1.12. The molecule has 0 radical (unpaired) electrons. The van der Waals surface area contributed by atoms with Crippen LogP contribution in [0.4, 0.5) is 4.79 Å². The summed E-state index contributed by atoms with van der Waals surface area (Å²) in [6.45, 7) is 0. The van der Waals surface area contributed by atoms with E-state index < -0.39 is 17.6 Å². The maximum atomic E-state index is 11.6. The lowest BCUT2D eigenvalue weighted by molar-refractivity contribution is -0.153. The Labute approximate surface area is 111 Å². The van der Waals surface area contributed by atoms with Crippen LogP contribution in [-0.4, -0.2) is 35.7 Å². The van der Waals surface area contributed by atoms with Crippen LogP contribution in [0.3, 0.4) is 0 Å². The van der Waals surface area contributed by atoms with E-state index in [9.17, 15) is 9.59 Å². The van der Waals surface area contributed by atoms with Crippen LogP contribution in [0.15, 0.2) is 0 Å². The van der Waals surface area contributed by atoms with Crippen molar-refractivity contribution in [3.05, 3.63) is 0 Å². The fourth-order valence-electron chi connectivity index (χ4n) is 1.98. The monoisotopic (exact) mass is 273 g/mol. The van der Waals surface area contributed by atoms with Gasteiger partial charge in [-0.3, -0.25) is 0 Å². The maximum absolute atomic E-state index is 11.6. The molecule has 0 unspecified atom stereocenters. The van der Waals surface area contributed by atoms with Crippen molar-refractivity contribution >= 4 is 23.7 Å². The standard InChI is InChI=1S/C12H16ClNO4/c1-18-10(15)12(14-11(16)17)7-9(8-12)5-3-2-4-6-13/h9,14H,2,4,6-8H2,1H3,(H,16,17). The first kappa shape index (κ1) is 14.7. The summed E-state index contributed by atoms with van der Waals surface area (Å²) in [6, 6.07) is 0. The highest BCUT2D eigenvalue weighted by atomic mass is 35.5. The molecule has 0 aromatic rings. The molecule has 1 saturated carbocycles. The predicted molar refractivity (Wildman–Crippen MR) is 66.4 cm³/mol. The van der Waals surface area contributed by atoms with Crippen LogP contribution in [0, 0.1) is 17.8 Å². The Hall–Kier alpha value is -1.41. The molecule has 0 heterocycles. The second-order valence-corrected chi connectivity index (χ2v) is 4.60. The van der Waals surface area contributed by atoms with Crippen LogP contribution in [-0.2, 0) is 9.53 Å². The van der Waals surface area contributed by atoms with Gasteiger partial charge in [-0.05, 0) is 19.3 Å². The van der Waals surface area contributed by atoms with Crippen molar-refractivity contribution in [3.63, 3.8) is 0 Å². The van der Waals surface area contributed by atoms with Gasteiger partial charge in [-0.15, -0.1) is 17.5 Å². The Morgan fingerprint density at radius 3 is 2.72 bits per heavy atom. The van der Waals surface area contributed by atoms with E-state index in [-0.39, 0.29) is 5.92 Å². The van der Waals surface area contributed by atoms with Crippen molar-refractivity contribution in [1.29, 1.82) is 0 Å². The summed E-state index contributed by atoms with van der Waals surface area (Å²) in [4.78, 5) is 22.2. The van der Waals surface area contributed by atoms with E-state index in [1.54, 1.807) is 0 Å². The topological polar surface area (TPSA) is 75.6 Å². The summed E-state index contributed by atoms with van der Waals surface area (Å²) in [7, 11) is 1.24. The Morgan fingerprint density at radius 1 is 1.56 bits per heavy atom. The SMILES string of the molecule is COC(=O)C1(NC(=O)O)CC(C#CCCCCl)C1. The van der Waals surface area contributed by atoms with E-state index in [1.807, 2.05) is 0 Å². The molecular formula is C12H16ClNO4. The smallest absolute Gasteiger partial charge is 0.405 e. The zero-order valence-corrected chi connectivity index (χ0v) is 10.9. The predicted octanol–water partition coefficient (Wildman–Crippen LogP) is 1.60. The number of rotatable bonds is 4. The molecule has 1 aliphatic carbocycles. The van der Waals surface area contributed by atoms with Gasteiger partial charge in [0.25, 0.3) is 0 Å². The number of hydrogen-bond donors (Lipinski definition) is 2. The zero-order chi connectivity index (χ0) is 13.6. The number of alkyl halides is 1. The Balaban J connectivity index is 2.53. The average molecular weight is 274 g/mol. The molecule has 0 saturated heterocycles. The summed E-state index contributed by atoms with van der Waals surface area (Å²) >= 11 is 5.52. The summed E-state index contributed by atoms with van der Waals surface area (Å²) in [5, 5.41) is 10.9. The Morgan fingerprint density at radius 2 is 2.22 bits per heavy atom. The average Bonchev–Trinajstić information content (AvgIpc) is 2.29. The molecule has 1 amide bonds. The number of carbonyl (C=O) groups excluding carboxylic acids is 1. The lowest BCUT2D eigenvalue weighted by Crippen LogP contribution is -2.62. The lowest BCUT2D eigenvalue weighted by Gasteiger charge is -2.42. The largest absolute Gasteiger partial charge is 0.467 e. The van der Waals surface area contributed by atoms with Crippen molar-refractivity contribution < 1.29 is 19.4 Å². The zero-order valence-electron chi connectivity index (χ0n) is 10.2. The third-order valence-electron chi connectivity index (χ3n) is 2.85. The van der Waals surface area contributed by atoms with Gasteiger partial charge in [0.1, 0.15) is 5.54 Å². The van der Waals surface area contributed by atoms with E-state index in [4.69, 9.17) is 16.7 Å². The lowest BCUT2D eigenvalue weighted by atomic mass is 9.68. The number of hydrogen-bond acceptors (Lipinski definition) is 3. The number of esters is 1. The van der Waals surface area contributed by atoms with Gasteiger partial charge in [-0.25, -0.2) is 9.59 Å². The Bertz CT molecular complexity index is 379. The van der Waals surface area contributed by atoms with E-state index in [1.165, 1.54) is 7.11 Å². The van der Waals surface area contributed by atoms with Gasteiger partial charge in [0.15, 0.2) is 0 Å². The summed E-state index contributed by atoms with van der Waals surface area (Å²) in [5.74, 6) is 6.04. The van der Waals surface area contributed by atoms with Gasteiger partial charge >= 0.3 is 12.1 Å². The molecule has 18 heavy (non-hydrogen) atoms. The van der Waals surface area contributed by atoms with Gasteiger partial charge in [0, 0.05) is 18.2 Å². The number of unbranched alkanes of at least 4 members (excludes halogenated alkanes) is 1. The molecule has 0 aromatic heterocycles. The van der Waals surface area contributed by atoms with Gasteiger partial charge in [0.2, 0.25) is 0 Å². The van der Waals surface area contributed by atoms with Crippen molar-refractivity contribution in [2.75, 3.05) is 13.0 Å². The molecule has 1 aliphatic rings. The molecule has 0 spiro atoms. The van der Waals surface area contributed by atoms with Gasteiger partial charge in [-0.2, -0.15) is 0 Å². The van der Waals surface area contributed by atoms with Crippen molar-refractivity contribution in [1.82, 2.24) is 5.32 Å². The van der Waals surface area contributed by atoms with Crippen molar-refractivity contribution in [2.45, 2.75) is 31.2 Å². The highest BCUT2D eigenvalue weighted by molar-refractivity contribution is 6.17. The number of carboxylic acid groups (broad SMARTS) is 1. The van der Waals surface area contributed by atoms with Gasteiger partial charge < -0.3 is 15.2 Å². The molecule has 0 bridgehead atoms. The van der Waals surface area contributed by atoms with Crippen LogP contribution in [0.25, 0.3) is 0 Å². The Kier molecular flexibility index (Phi) is 5.29. The molecule has 1 rings (SSSR count). The molecule has 1 fully saturated rings. The van der Waals surface area contributed by atoms with Gasteiger partial charge in [-0.1, -0.05) is 5.92 Å². The van der Waals surface area contributed by atoms with Crippen LogP contribution < -0.4 is 5.32 Å². The quantitative estimate of drug-likeness (QED) is 0.353. The minimum Gasteiger partial charge on any atom is -0.467 e. The van der Waals surface area contributed by atoms with E-state index in [0.29, 0.717) is 18.7 Å². The molecular weight excluding hydrogens is 258 g/mol. The van der Waals surface area contributed by atoms with E-state index in [0.717, 1.165) is 12.8 Å². The number of ether oxygens (including phenoxy) is 1. The van der Waals surface area contributed by atoms with Crippen LogP contribution in [0.5, 0.6) is 0 Å². The van der Waals surface area contributed by atoms with Gasteiger partial charge in [0.05, 0.1) is 7.11 Å². The van der Waals surface area contributed by atoms with Crippen molar-refractivity contribution in [2.24, 2.45) is 5.92 Å². The highest BCUT2D eigenvalue weighted by Gasteiger charge is 2.52. The normalized spacial score (nSPS) is 25.3. The second-order valence-electron chi connectivity index (χ2n) is 4.22. The first-order chi connectivity index (χ1) is 8.54. The minimum absolute atomic E-state index is 0.0336.